The number of H-pyrrole nitrogens is 1. The van der Waals surface area contributed by atoms with E-state index in [0.29, 0.717) is 21.1 Å². The molecule has 0 radical (unpaired) electrons. The second kappa shape index (κ2) is 7.10. The van der Waals surface area contributed by atoms with Gasteiger partial charge in [0.1, 0.15) is 4.83 Å². The number of hydrogen-bond acceptors (Lipinski definition) is 4. The standard InChI is InChI=1S/C21H16ClN3OS/c1-12-5-7-15(8-6-12)17-13(2)27-21-18(17)20(26)24-19(25-21)16(22)10-14-4-3-9-23-11-14/h3-11H,1-2H3,(H,24,25,26)/b16-10-. The maximum absolute atomic E-state index is 12.8. The van der Waals surface area contributed by atoms with Crippen LogP contribution in [-0.2, 0) is 0 Å². The number of pyridine rings is 1. The molecule has 1 aromatic carbocycles. The maximum atomic E-state index is 12.8. The normalized spacial score (nSPS) is 11.9. The first-order chi connectivity index (χ1) is 13.0. The third-order valence-electron chi connectivity index (χ3n) is 4.28. The van der Waals surface area contributed by atoms with Gasteiger partial charge in [-0.05, 0) is 37.1 Å². The molecule has 0 aliphatic rings. The van der Waals surface area contributed by atoms with E-state index in [-0.39, 0.29) is 5.56 Å². The summed E-state index contributed by atoms with van der Waals surface area (Å²) in [6, 6.07) is 11.9. The molecule has 0 aliphatic heterocycles. The van der Waals surface area contributed by atoms with Gasteiger partial charge in [-0.15, -0.1) is 11.3 Å². The van der Waals surface area contributed by atoms with Crippen LogP contribution >= 0.6 is 22.9 Å². The fourth-order valence-corrected chi connectivity index (χ4v) is 4.24. The number of fused-ring (bicyclic) bond motifs is 1. The molecule has 3 heterocycles. The van der Waals surface area contributed by atoms with Gasteiger partial charge >= 0.3 is 0 Å². The Hall–Kier alpha value is -2.76. The van der Waals surface area contributed by atoms with E-state index in [4.69, 9.17) is 11.6 Å². The summed E-state index contributed by atoms with van der Waals surface area (Å²) in [6.07, 6.45) is 5.13. The van der Waals surface area contributed by atoms with Crippen LogP contribution in [0, 0.1) is 13.8 Å². The monoisotopic (exact) mass is 393 g/mol. The summed E-state index contributed by atoms with van der Waals surface area (Å²) in [4.78, 5) is 26.1. The van der Waals surface area contributed by atoms with E-state index in [1.165, 1.54) is 16.9 Å². The summed E-state index contributed by atoms with van der Waals surface area (Å²) in [6.45, 7) is 4.05. The Morgan fingerprint density at radius 1 is 1.19 bits per heavy atom. The van der Waals surface area contributed by atoms with E-state index < -0.39 is 0 Å². The third kappa shape index (κ3) is 3.44. The van der Waals surface area contributed by atoms with Crippen molar-refractivity contribution in [1.29, 1.82) is 0 Å². The average molecular weight is 394 g/mol. The number of aryl methyl sites for hydroxylation is 2. The Labute approximate surface area is 165 Å². The molecule has 0 amide bonds. The first kappa shape index (κ1) is 17.6. The smallest absolute Gasteiger partial charge is 0.260 e. The maximum Gasteiger partial charge on any atom is 0.260 e. The average Bonchev–Trinajstić information content (AvgIpc) is 2.99. The van der Waals surface area contributed by atoms with Crippen LogP contribution < -0.4 is 5.56 Å². The zero-order chi connectivity index (χ0) is 19.0. The van der Waals surface area contributed by atoms with Crippen LogP contribution in [0.3, 0.4) is 0 Å². The van der Waals surface area contributed by atoms with Crippen LogP contribution in [0.15, 0.2) is 53.6 Å². The van der Waals surface area contributed by atoms with Crippen LogP contribution in [0.25, 0.3) is 32.5 Å². The Kier molecular flexibility index (Phi) is 4.64. The summed E-state index contributed by atoms with van der Waals surface area (Å²) in [5.74, 6) is 0.356. The van der Waals surface area contributed by atoms with Gasteiger partial charge in [-0.1, -0.05) is 47.5 Å². The lowest BCUT2D eigenvalue weighted by atomic mass is 10.0. The minimum Gasteiger partial charge on any atom is -0.305 e. The number of thiophene rings is 1. The zero-order valence-electron chi connectivity index (χ0n) is 14.8. The summed E-state index contributed by atoms with van der Waals surface area (Å²) in [5, 5.41) is 0.973. The molecule has 3 aromatic heterocycles. The molecular formula is C21H16ClN3OS. The number of rotatable bonds is 3. The number of benzene rings is 1. The van der Waals surface area contributed by atoms with Gasteiger partial charge in [-0.2, -0.15) is 0 Å². The Morgan fingerprint density at radius 2 is 1.96 bits per heavy atom. The van der Waals surface area contributed by atoms with Gasteiger partial charge in [0.15, 0.2) is 5.82 Å². The molecule has 6 heteroatoms. The van der Waals surface area contributed by atoms with E-state index in [1.54, 1.807) is 18.5 Å². The van der Waals surface area contributed by atoms with Crippen LogP contribution in [0.4, 0.5) is 0 Å². The van der Waals surface area contributed by atoms with Crippen LogP contribution in [0.1, 0.15) is 21.8 Å². The predicted molar refractivity (Wildman–Crippen MR) is 113 cm³/mol. The Morgan fingerprint density at radius 3 is 2.67 bits per heavy atom. The molecule has 4 nitrogen and oxygen atoms in total. The van der Waals surface area contributed by atoms with E-state index in [9.17, 15) is 4.79 Å². The van der Waals surface area contributed by atoms with Gasteiger partial charge in [0.2, 0.25) is 0 Å². The molecule has 0 saturated heterocycles. The highest BCUT2D eigenvalue weighted by molar-refractivity contribution is 7.19. The van der Waals surface area contributed by atoms with Crippen molar-refractivity contribution in [3.63, 3.8) is 0 Å². The number of nitrogens with zero attached hydrogens (tertiary/aromatic N) is 2. The van der Waals surface area contributed by atoms with Crippen LogP contribution in [-0.4, -0.2) is 15.0 Å². The van der Waals surface area contributed by atoms with E-state index >= 15 is 0 Å². The van der Waals surface area contributed by atoms with Crippen LogP contribution in [0.5, 0.6) is 0 Å². The second-order valence-corrected chi connectivity index (χ2v) is 7.88. The zero-order valence-corrected chi connectivity index (χ0v) is 16.4. The first-order valence-corrected chi connectivity index (χ1v) is 9.60. The van der Waals surface area contributed by atoms with Crippen molar-refractivity contribution in [2.24, 2.45) is 0 Å². The highest BCUT2D eigenvalue weighted by Crippen LogP contribution is 2.36. The molecule has 4 rings (SSSR count). The molecule has 0 saturated carbocycles. The molecule has 134 valence electrons. The predicted octanol–water partition coefficient (Wildman–Crippen LogP) is 5.40. The highest BCUT2D eigenvalue weighted by Gasteiger charge is 2.17. The lowest BCUT2D eigenvalue weighted by molar-refractivity contribution is 1.14. The summed E-state index contributed by atoms with van der Waals surface area (Å²) in [5.41, 5.74) is 3.78. The third-order valence-corrected chi connectivity index (χ3v) is 5.57. The van der Waals surface area contributed by atoms with Crippen molar-refractivity contribution < 1.29 is 0 Å². The van der Waals surface area contributed by atoms with Gasteiger partial charge in [0.25, 0.3) is 5.56 Å². The van der Waals surface area contributed by atoms with Gasteiger partial charge in [-0.3, -0.25) is 9.78 Å². The molecule has 0 aliphatic carbocycles. The lowest BCUT2D eigenvalue weighted by Crippen LogP contribution is -2.10. The van der Waals surface area contributed by atoms with Crippen molar-refractivity contribution >= 4 is 44.3 Å². The number of aromatic nitrogens is 3. The number of nitrogens with one attached hydrogen (secondary N) is 1. The molecule has 1 N–H and O–H groups in total. The van der Waals surface area contributed by atoms with E-state index in [2.05, 4.69) is 15.0 Å². The fourth-order valence-electron chi connectivity index (χ4n) is 2.98. The number of aromatic amines is 1. The Bertz CT molecular complexity index is 1210. The molecule has 0 unspecified atom stereocenters. The topological polar surface area (TPSA) is 58.6 Å². The SMILES string of the molecule is Cc1ccc(-c2c(C)sc3nc(/C(Cl)=C/c4cccnc4)[nH]c(=O)c23)cc1. The summed E-state index contributed by atoms with van der Waals surface area (Å²) >= 11 is 7.90. The van der Waals surface area contributed by atoms with Crippen LogP contribution in [0.2, 0.25) is 0 Å². The van der Waals surface area contributed by atoms with Gasteiger partial charge in [-0.25, -0.2) is 4.98 Å². The number of hydrogen-bond donors (Lipinski definition) is 1. The van der Waals surface area contributed by atoms with Gasteiger partial charge in [0.05, 0.1) is 10.4 Å². The Balaban J connectivity index is 1.85. The molecule has 4 aromatic rings. The molecule has 0 atom stereocenters. The van der Waals surface area contributed by atoms with Crippen molar-refractivity contribution in [3.05, 3.63) is 81.0 Å². The van der Waals surface area contributed by atoms with E-state index in [1.807, 2.05) is 50.2 Å². The van der Waals surface area contributed by atoms with Gasteiger partial charge in [0, 0.05) is 22.8 Å². The summed E-state index contributed by atoms with van der Waals surface area (Å²) in [7, 11) is 0. The molecular weight excluding hydrogens is 378 g/mol. The molecule has 27 heavy (non-hydrogen) atoms. The van der Waals surface area contributed by atoms with Crippen molar-refractivity contribution in [2.45, 2.75) is 13.8 Å². The minimum atomic E-state index is -0.187. The van der Waals surface area contributed by atoms with Crippen molar-refractivity contribution in [2.75, 3.05) is 0 Å². The lowest BCUT2D eigenvalue weighted by Gasteiger charge is -2.03. The summed E-state index contributed by atoms with van der Waals surface area (Å²) < 4.78 is 0. The minimum absolute atomic E-state index is 0.187. The quantitative estimate of drug-likeness (QED) is 0.507. The largest absolute Gasteiger partial charge is 0.305 e. The molecule has 0 bridgehead atoms. The van der Waals surface area contributed by atoms with Crippen molar-refractivity contribution in [1.82, 2.24) is 15.0 Å². The number of halogens is 1. The highest BCUT2D eigenvalue weighted by atomic mass is 35.5. The second-order valence-electron chi connectivity index (χ2n) is 6.27. The fraction of sp³-hybridized carbons (Fsp3) is 0.0952. The van der Waals surface area contributed by atoms with Crippen molar-refractivity contribution in [3.8, 4) is 11.1 Å². The first-order valence-electron chi connectivity index (χ1n) is 8.41. The van der Waals surface area contributed by atoms with Gasteiger partial charge < -0.3 is 4.98 Å². The molecule has 0 fully saturated rings. The van der Waals surface area contributed by atoms with E-state index in [0.717, 1.165) is 21.6 Å². The molecule has 0 spiro atoms.